The Balaban J connectivity index is 1.99. The third-order valence-electron chi connectivity index (χ3n) is 3.86. The molecule has 0 fully saturated rings. The fraction of sp³-hybridized carbons (Fsp3) is 0.286. The number of hydrogen-bond acceptors (Lipinski definition) is 4. The smallest absolute Gasteiger partial charge is 0.339 e. The third kappa shape index (κ3) is 5.55. The van der Waals surface area contributed by atoms with Crippen LogP contribution >= 0.6 is 0 Å². The monoisotopic (exact) mass is 353 g/mol. The second-order valence-electron chi connectivity index (χ2n) is 5.87. The molecule has 0 atom stereocenters. The number of ketones is 1. The van der Waals surface area contributed by atoms with Gasteiger partial charge in [-0.15, -0.1) is 0 Å². The van der Waals surface area contributed by atoms with Gasteiger partial charge in [-0.25, -0.2) is 4.79 Å². The topological polar surface area (TPSA) is 72.5 Å². The van der Waals surface area contributed by atoms with E-state index in [1.807, 2.05) is 6.07 Å². The van der Waals surface area contributed by atoms with E-state index in [9.17, 15) is 14.4 Å². The minimum atomic E-state index is -0.686. The van der Waals surface area contributed by atoms with Gasteiger partial charge in [0.15, 0.2) is 12.4 Å². The van der Waals surface area contributed by atoms with E-state index in [0.29, 0.717) is 12.1 Å². The van der Waals surface area contributed by atoms with Crippen molar-refractivity contribution in [2.75, 3.05) is 13.2 Å². The number of esters is 1. The predicted octanol–water partition coefficient (Wildman–Crippen LogP) is 3.38. The molecule has 136 valence electrons. The zero-order valence-electron chi connectivity index (χ0n) is 14.9. The van der Waals surface area contributed by atoms with E-state index in [1.54, 1.807) is 42.5 Å². The van der Waals surface area contributed by atoms with Gasteiger partial charge in [-0.2, -0.15) is 0 Å². The van der Waals surface area contributed by atoms with E-state index in [4.69, 9.17) is 4.74 Å². The fourth-order valence-corrected chi connectivity index (χ4v) is 2.47. The summed E-state index contributed by atoms with van der Waals surface area (Å²) in [4.78, 5) is 36.7. The van der Waals surface area contributed by atoms with Crippen molar-refractivity contribution < 1.29 is 19.1 Å². The van der Waals surface area contributed by atoms with E-state index in [1.165, 1.54) is 6.07 Å². The van der Waals surface area contributed by atoms with E-state index in [-0.39, 0.29) is 29.4 Å². The highest BCUT2D eigenvalue weighted by Crippen LogP contribution is 2.15. The number of nitrogens with one attached hydrogen (secondary N) is 1. The van der Waals surface area contributed by atoms with Crippen LogP contribution in [0.1, 0.15) is 52.5 Å². The van der Waals surface area contributed by atoms with Gasteiger partial charge in [0, 0.05) is 17.7 Å². The molecule has 0 spiro atoms. The number of unbranched alkanes of at least 4 members (excludes halogenated alkanes) is 2. The first-order valence-electron chi connectivity index (χ1n) is 8.76. The maximum Gasteiger partial charge on any atom is 0.339 e. The molecule has 0 saturated heterocycles. The Morgan fingerprint density at radius 3 is 2.23 bits per heavy atom. The molecule has 2 aromatic rings. The molecule has 0 radical (unpaired) electrons. The van der Waals surface area contributed by atoms with Crippen LogP contribution in [0.15, 0.2) is 54.6 Å². The van der Waals surface area contributed by atoms with Gasteiger partial charge in [-0.1, -0.05) is 68.3 Å². The molecule has 0 aliphatic carbocycles. The molecule has 26 heavy (non-hydrogen) atoms. The maximum atomic E-state index is 12.6. The van der Waals surface area contributed by atoms with Crippen molar-refractivity contribution in [2.45, 2.75) is 26.2 Å². The average Bonchev–Trinajstić information content (AvgIpc) is 2.69. The zero-order valence-corrected chi connectivity index (χ0v) is 14.9. The second-order valence-corrected chi connectivity index (χ2v) is 5.87. The van der Waals surface area contributed by atoms with Gasteiger partial charge < -0.3 is 10.1 Å². The fourth-order valence-electron chi connectivity index (χ4n) is 2.47. The third-order valence-corrected chi connectivity index (χ3v) is 3.86. The molecule has 0 heterocycles. The van der Waals surface area contributed by atoms with Gasteiger partial charge in [-0.05, 0) is 12.5 Å². The van der Waals surface area contributed by atoms with Crippen molar-refractivity contribution >= 4 is 17.7 Å². The summed E-state index contributed by atoms with van der Waals surface area (Å²) in [5.74, 6) is -1.29. The quantitative estimate of drug-likeness (QED) is 0.426. The molecule has 0 aliphatic rings. The normalized spacial score (nSPS) is 10.2. The van der Waals surface area contributed by atoms with Crippen molar-refractivity contribution in [2.24, 2.45) is 0 Å². The van der Waals surface area contributed by atoms with Crippen LogP contribution in [0.5, 0.6) is 0 Å². The predicted molar refractivity (Wildman–Crippen MR) is 99.1 cm³/mol. The van der Waals surface area contributed by atoms with Gasteiger partial charge in [0.25, 0.3) is 5.91 Å². The van der Waals surface area contributed by atoms with Crippen LogP contribution in [0.2, 0.25) is 0 Å². The van der Waals surface area contributed by atoms with Crippen LogP contribution in [-0.2, 0) is 9.53 Å². The lowest BCUT2D eigenvalue weighted by molar-refractivity contribution is -0.124. The Labute approximate surface area is 153 Å². The van der Waals surface area contributed by atoms with E-state index < -0.39 is 5.97 Å². The van der Waals surface area contributed by atoms with Gasteiger partial charge in [0.05, 0.1) is 5.56 Å². The molecule has 2 aromatic carbocycles. The number of carbonyl (C=O) groups excluding carboxylic acids is 3. The number of benzene rings is 2. The summed E-state index contributed by atoms with van der Waals surface area (Å²) in [6.45, 7) is 2.28. The summed E-state index contributed by atoms with van der Waals surface area (Å²) >= 11 is 0. The Hall–Kier alpha value is -2.95. The van der Waals surface area contributed by atoms with Gasteiger partial charge in [0.2, 0.25) is 0 Å². The Bertz CT molecular complexity index is 756. The van der Waals surface area contributed by atoms with E-state index >= 15 is 0 Å². The summed E-state index contributed by atoms with van der Waals surface area (Å²) in [5.41, 5.74) is 0.897. The highest BCUT2D eigenvalue weighted by molar-refractivity contribution is 6.14. The van der Waals surface area contributed by atoms with Gasteiger partial charge in [0.1, 0.15) is 0 Å². The van der Waals surface area contributed by atoms with Gasteiger partial charge >= 0.3 is 5.97 Å². The zero-order chi connectivity index (χ0) is 18.8. The van der Waals surface area contributed by atoms with Crippen LogP contribution in [0, 0.1) is 0 Å². The summed E-state index contributed by atoms with van der Waals surface area (Å²) in [6.07, 6.45) is 3.00. The van der Waals surface area contributed by atoms with Crippen molar-refractivity contribution in [1.82, 2.24) is 5.32 Å². The molecule has 0 saturated carbocycles. The molecule has 0 aromatic heterocycles. The summed E-state index contributed by atoms with van der Waals surface area (Å²) in [7, 11) is 0. The molecule has 0 aliphatic heterocycles. The highest BCUT2D eigenvalue weighted by Gasteiger charge is 2.19. The van der Waals surface area contributed by atoms with Crippen molar-refractivity contribution in [3.63, 3.8) is 0 Å². The Kier molecular flexibility index (Phi) is 7.55. The van der Waals surface area contributed by atoms with Crippen molar-refractivity contribution in [3.05, 3.63) is 71.3 Å². The SMILES string of the molecule is CCCCCNC(=O)COC(=O)c1ccccc1C(=O)c1ccccc1. The summed E-state index contributed by atoms with van der Waals surface area (Å²) < 4.78 is 5.07. The number of hydrogen-bond donors (Lipinski definition) is 1. The lowest BCUT2D eigenvalue weighted by Gasteiger charge is -2.09. The first kappa shape index (κ1) is 19.4. The first-order chi connectivity index (χ1) is 12.6. The standard InChI is InChI=1S/C21H23NO4/c1-2-3-9-14-22-19(23)15-26-21(25)18-13-8-7-12-17(18)20(24)16-10-5-4-6-11-16/h4-8,10-13H,2-3,9,14-15H2,1H3,(H,22,23). The highest BCUT2D eigenvalue weighted by atomic mass is 16.5. The van der Waals surface area contributed by atoms with E-state index in [0.717, 1.165) is 19.3 Å². The second kappa shape index (κ2) is 10.1. The van der Waals surface area contributed by atoms with Gasteiger partial charge in [-0.3, -0.25) is 9.59 Å². The first-order valence-corrected chi connectivity index (χ1v) is 8.76. The largest absolute Gasteiger partial charge is 0.452 e. The lowest BCUT2D eigenvalue weighted by atomic mass is 9.98. The lowest BCUT2D eigenvalue weighted by Crippen LogP contribution is -2.29. The van der Waals surface area contributed by atoms with Crippen LogP contribution in [-0.4, -0.2) is 30.8 Å². The molecule has 1 N–H and O–H groups in total. The number of rotatable bonds is 9. The summed E-state index contributed by atoms with van der Waals surface area (Å²) in [6, 6.07) is 15.2. The van der Waals surface area contributed by atoms with Crippen LogP contribution in [0.3, 0.4) is 0 Å². The minimum absolute atomic E-state index is 0.153. The molecular formula is C21H23NO4. The number of ether oxygens (including phenoxy) is 1. The molecule has 1 amide bonds. The van der Waals surface area contributed by atoms with E-state index in [2.05, 4.69) is 12.2 Å². The summed E-state index contributed by atoms with van der Waals surface area (Å²) in [5, 5.41) is 2.70. The number of amides is 1. The average molecular weight is 353 g/mol. The maximum absolute atomic E-state index is 12.6. The number of carbonyl (C=O) groups is 3. The van der Waals surface area contributed by atoms with Crippen molar-refractivity contribution in [3.8, 4) is 0 Å². The molecule has 0 bridgehead atoms. The molecule has 0 unspecified atom stereocenters. The molecule has 5 heteroatoms. The minimum Gasteiger partial charge on any atom is -0.452 e. The Morgan fingerprint density at radius 1 is 0.885 bits per heavy atom. The van der Waals surface area contributed by atoms with Crippen LogP contribution in [0.25, 0.3) is 0 Å². The molecule has 2 rings (SSSR count). The molecule has 5 nitrogen and oxygen atoms in total. The van der Waals surface area contributed by atoms with Crippen LogP contribution in [0.4, 0.5) is 0 Å². The van der Waals surface area contributed by atoms with Crippen molar-refractivity contribution in [1.29, 1.82) is 0 Å². The molecular weight excluding hydrogens is 330 g/mol. The Morgan fingerprint density at radius 2 is 1.54 bits per heavy atom. The van der Waals surface area contributed by atoms with Crippen LogP contribution < -0.4 is 5.32 Å².